The van der Waals surface area contributed by atoms with Gasteiger partial charge < -0.3 is 15.5 Å². The molecule has 1 atom stereocenters. The van der Waals surface area contributed by atoms with Crippen LogP contribution in [0.4, 0.5) is 4.39 Å². The largest absolute Gasteiger partial charge is 0.395 e. The second-order valence-corrected chi connectivity index (χ2v) is 5.11. The van der Waals surface area contributed by atoms with Gasteiger partial charge in [0, 0.05) is 31.2 Å². The fourth-order valence-corrected chi connectivity index (χ4v) is 2.37. The molecule has 4 nitrogen and oxygen atoms in total. The fraction of sp³-hybridized carbons (Fsp3) is 0.625. The number of hydrogen-bond donors (Lipinski definition) is 3. The van der Waals surface area contributed by atoms with Crippen LogP contribution in [0.15, 0.2) is 24.3 Å². The Morgan fingerprint density at radius 2 is 1.81 bits per heavy atom. The third kappa shape index (κ3) is 6.52. The first-order chi connectivity index (χ1) is 10.2. The molecule has 0 saturated carbocycles. The van der Waals surface area contributed by atoms with Crippen LogP contribution < -0.4 is 5.32 Å². The molecule has 120 valence electrons. The highest BCUT2D eigenvalue weighted by Gasteiger charge is 2.16. The van der Waals surface area contributed by atoms with Gasteiger partial charge in [0.15, 0.2) is 0 Å². The maximum Gasteiger partial charge on any atom is 0.127 e. The van der Waals surface area contributed by atoms with Crippen molar-refractivity contribution in [3.05, 3.63) is 35.6 Å². The molecule has 3 N–H and O–H groups in total. The summed E-state index contributed by atoms with van der Waals surface area (Å²) in [4.78, 5) is 1.99. The molecule has 0 heterocycles. The van der Waals surface area contributed by atoms with Crippen molar-refractivity contribution in [3.63, 3.8) is 0 Å². The zero-order valence-corrected chi connectivity index (χ0v) is 12.8. The molecular formula is C16H27FN2O2. The minimum absolute atomic E-state index is 0.0500. The van der Waals surface area contributed by atoms with Gasteiger partial charge in [0.05, 0.1) is 13.2 Å². The molecule has 1 rings (SSSR count). The normalized spacial score (nSPS) is 12.8. The second-order valence-electron chi connectivity index (χ2n) is 5.11. The molecule has 0 radical (unpaired) electrons. The van der Waals surface area contributed by atoms with Gasteiger partial charge in [-0.1, -0.05) is 25.1 Å². The van der Waals surface area contributed by atoms with Crippen molar-refractivity contribution in [1.29, 1.82) is 0 Å². The van der Waals surface area contributed by atoms with Gasteiger partial charge in [-0.05, 0) is 25.5 Å². The number of halogens is 1. The van der Waals surface area contributed by atoms with Gasteiger partial charge in [0.25, 0.3) is 0 Å². The number of aliphatic hydroxyl groups is 2. The maximum absolute atomic E-state index is 14.0. The van der Waals surface area contributed by atoms with E-state index in [4.69, 9.17) is 10.2 Å². The second kappa shape index (κ2) is 10.7. The average molecular weight is 298 g/mol. The lowest BCUT2D eigenvalue weighted by molar-refractivity contribution is 0.156. The molecule has 5 heteroatoms. The van der Waals surface area contributed by atoms with Crippen LogP contribution in [0.2, 0.25) is 0 Å². The first kappa shape index (κ1) is 18.0. The van der Waals surface area contributed by atoms with Gasteiger partial charge in [-0.25, -0.2) is 4.39 Å². The molecule has 0 aliphatic rings. The Labute approximate surface area is 126 Å². The van der Waals surface area contributed by atoms with Crippen LogP contribution in [0.1, 0.15) is 31.4 Å². The van der Waals surface area contributed by atoms with Crippen LogP contribution >= 0.6 is 0 Å². The summed E-state index contributed by atoms with van der Waals surface area (Å²) in [6.45, 7) is 4.79. The summed E-state index contributed by atoms with van der Waals surface area (Å²) in [5, 5.41) is 21.4. The van der Waals surface area contributed by atoms with Crippen LogP contribution in [0, 0.1) is 5.82 Å². The maximum atomic E-state index is 14.0. The van der Waals surface area contributed by atoms with E-state index in [1.54, 1.807) is 6.07 Å². The number of nitrogens with one attached hydrogen (secondary N) is 1. The molecule has 21 heavy (non-hydrogen) atoms. The summed E-state index contributed by atoms with van der Waals surface area (Å²) in [5.41, 5.74) is 0.680. The quantitative estimate of drug-likeness (QED) is 0.580. The molecule has 0 spiro atoms. The highest BCUT2D eigenvalue weighted by atomic mass is 19.1. The highest BCUT2D eigenvalue weighted by molar-refractivity contribution is 5.21. The zero-order chi connectivity index (χ0) is 15.5. The minimum atomic E-state index is -0.193. The predicted molar refractivity (Wildman–Crippen MR) is 82.7 cm³/mol. The van der Waals surface area contributed by atoms with E-state index in [1.807, 2.05) is 17.0 Å². The molecule has 0 bridgehead atoms. The molecule has 0 aliphatic carbocycles. The van der Waals surface area contributed by atoms with Crippen LogP contribution in [0.5, 0.6) is 0 Å². The van der Waals surface area contributed by atoms with Crippen LogP contribution in [0.3, 0.4) is 0 Å². The van der Waals surface area contributed by atoms with Gasteiger partial charge >= 0.3 is 0 Å². The molecule has 1 unspecified atom stereocenters. The van der Waals surface area contributed by atoms with Crippen LogP contribution in [-0.2, 0) is 0 Å². The number of rotatable bonds is 11. The van der Waals surface area contributed by atoms with Crippen LogP contribution in [0.25, 0.3) is 0 Å². The molecule has 0 fully saturated rings. The summed E-state index contributed by atoms with van der Waals surface area (Å²) < 4.78 is 14.0. The third-order valence-electron chi connectivity index (χ3n) is 3.49. The standard InChI is InChI=1S/C16H27FN2O2/c1-2-8-18-16(14-5-3-4-6-15(14)17)7-9-19(10-12-20)11-13-21/h3-6,16,18,20-21H,2,7-13H2,1H3. The smallest absolute Gasteiger partial charge is 0.127 e. The van der Waals surface area contributed by atoms with Gasteiger partial charge in [-0.2, -0.15) is 0 Å². The fourth-order valence-electron chi connectivity index (χ4n) is 2.37. The Morgan fingerprint density at radius 3 is 2.38 bits per heavy atom. The van der Waals surface area contributed by atoms with Crippen molar-refractivity contribution in [3.8, 4) is 0 Å². The first-order valence-corrected chi connectivity index (χ1v) is 7.64. The minimum Gasteiger partial charge on any atom is -0.395 e. The van der Waals surface area contributed by atoms with Gasteiger partial charge in [-0.15, -0.1) is 0 Å². The Balaban J connectivity index is 2.67. The van der Waals surface area contributed by atoms with Crippen molar-refractivity contribution in [1.82, 2.24) is 10.2 Å². The summed E-state index contributed by atoms with van der Waals surface area (Å²) in [6.07, 6.45) is 1.73. The number of nitrogens with zero attached hydrogens (tertiary/aromatic N) is 1. The predicted octanol–water partition coefficient (Wildman–Crippen LogP) is 1.54. The lowest BCUT2D eigenvalue weighted by atomic mass is 10.0. The van der Waals surface area contributed by atoms with Crippen molar-refractivity contribution in [2.24, 2.45) is 0 Å². The van der Waals surface area contributed by atoms with E-state index < -0.39 is 0 Å². The summed E-state index contributed by atoms with van der Waals surface area (Å²) in [5.74, 6) is -0.193. The number of aliphatic hydroxyl groups excluding tert-OH is 2. The molecule has 0 aromatic heterocycles. The molecule has 0 aliphatic heterocycles. The van der Waals surface area contributed by atoms with Crippen molar-refractivity contribution >= 4 is 0 Å². The third-order valence-corrected chi connectivity index (χ3v) is 3.49. The van der Waals surface area contributed by atoms with E-state index in [0.29, 0.717) is 25.2 Å². The average Bonchev–Trinajstić information content (AvgIpc) is 2.49. The topological polar surface area (TPSA) is 55.7 Å². The zero-order valence-electron chi connectivity index (χ0n) is 12.8. The van der Waals surface area contributed by atoms with Gasteiger partial charge in [0.1, 0.15) is 5.82 Å². The summed E-state index contributed by atoms with van der Waals surface area (Å²) >= 11 is 0. The molecule has 1 aromatic rings. The Hall–Kier alpha value is -1.01. The monoisotopic (exact) mass is 298 g/mol. The summed E-state index contributed by atoms with van der Waals surface area (Å²) in [6, 6.07) is 6.78. The van der Waals surface area contributed by atoms with E-state index in [-0.39, 0.29) is 25.1 Å². The van der Waals surface area contributed by atoms with E-state index in [0.717, 1.165) is 19.4 Å². The SMILES string of the molecule is CCCNC(CCN(CCO)CCO)c1ccccc1F. The van der Waals surface area contributed by atoms with E-state index in [2.05, 4.69) is 12.2 Å². The van der Waals surface area contributed by atoms with Crippen molar-refractivity contribution in [2.75, 3.05) is 39.4 Å². The molecule has 0 saturated heterocycles. The van der Waals surface area contributed by atoms with Gasteiger partial charge in [0.2, 0.25) is 0 Å². The molecule has 1 aromatic carbocycles. The Kier molecular flexibility index (Phi) is 9.17. The van der Waals surface area contributed by atoms with E-state index in [1.165, 1.54) is 6.07 Å². The lowest BCUT2D eigenvalue weighted by Crippen LogP contribution is -2.34. The molecular weight excluding hydrogens is 271 g/mol. The Morgan fingerprint density at radius 1 is 1.14 bits per heavy atom. The number of benzene rings is 1. The highest BCUT2D eigenvalue weighted by Crippen LogP contribution is 2.20. The van der Waals surface area contributed by atoms with Gasteiger partial charge in [-0.3, -0.25) is 4.90 Å². The number of hydrogen-bond acceptors (Lipinski definition) is 4. The van der Waals surface area contributed by atoms with E-state index >= 15 is 0 Å². The first-order valence-electron chi connectivity index (χ1n) is 7.64. The van der Waals surface area contributed by atoms with Crippen LogP contribution in [-0.4, -0.2) is 54.5 Å². The lowest BCUT2D eigenvalue weighted by Gasteiger charge is -2.25. The molecule has 0 amide bonds. The Bertz CT molecular complexity index is 384. The van der Waals surface area contributed by atoms with Crippen molar-refractivity contribution in [2.45, 2.75) is 25.8 Å². The summed E-state index contributed by atoms with van der Waals surface area (Å²) in [7, 11) is 0. The van der Waals surface area contributed by atoms with Crippen molar-refractivity contribution < 1.29 is 14.6 Å². The van der Waals surface area contributed by atoms with E-state index in [9.17, 15) is 4.39 Å².